The van der Waals surface area contributed by atoms with E-state index in [0.29, 0.717) is 21.8 Å². The van der Waals surface area contributed by atoms with Gasteiger partial charge in [-0.2, -0.15) is 0 Å². The number of carbonyl (C=O) groups excluding carboxylic acids is 2. The molecule has 0 aliphatic rings. The first-order chi connectivity index (χ1) is 17.4. The minimum absolute atomic E-state index is 0.0941. The number of halogens is 2. The van der Waals surface area contributed by atoms with Crippen LogP contribution in [0.4, 0.5) is 9.59 Å². The highest BCUT2D eigenvalue weighted by Gasteiger charge is 2.34. The van der Waals surface area contributed by atoms with E-state index in [-0.39, 0.29) is 17.9 Å². The first-order valence-corrected chi connectivity index (χ1v) is 14.6. The number of rotatable bonds is 5. The molecule has 11 heteroatoms. The lowest BCUT2D eigenvalue weighted by molar-refractivity contribution is 0.0390. The normalized spacial score (nSPS) is 12.4. The standard InChI is InChI=1S/C27H32BrClN2O6S/c1-17-21(22-16-18(28)8-13-23(22)31(17)25(33)37-27(5,6)7)14-15-30(24(32)36-26(2,3)4)38(34,35)20-11-9-19(29)10-12-20/h8-13,16H,14-15H2,1-7H3. The monoisotopic (exact) mass is 626 g/mol. The van der Waals surface area contributed by atoms with Gasteiger partial charge in [0.25, 0.3) is 10.0 Å². The molecule has 3 aromatic rings. The molecule has 0 unspecified atom stereocenters. The lowest BCUT2D eigenvalue weighted by atomic mass is 10.1. The number of sulfonamides is 1. The van der Waals surface area contributed by atoms with Crippen LogP contribution in [0.15, 0.2) is 51.8 Å². The lowest BCUT2D eigenvalue weighted by Crippen LogP contribution is -2.42. The maximum absolute atomic E-state index is 13.6. The molecule has 3 rings (SSSR count). The van der Waals surface area contributed by atoms with Gasteiger partial charge in [-0.15, -0.1) is 0 Å². The van der Waals surface area contributed by atoms with E-state index in [9.17, 15) is 18.0 Å². The van der Waals surface area contributed by atoms with Gasteiger partial charge in [0, 0.05) is 27.1 Å². The number of hydrogen-bond acceptors (Lipinski definition) is 6. The Kier molecular flexibility index (Phi) is 8.60. The molecule has 0 N–H and O–H groups in total. The van der Waals surface area contributed by atoms with E-state index in [1.165, 1.54) is 28.8 Å². The molecule has 0 fully saturated rings. The summed E-state index contributed by atoms with van der Waals surface area (Å²) in [7, 11) is -4.27. The first kappa shape index (κ1) is 30.0. The molecular formula is C27H32BrClN2O6S. The third-order valence-corrected chi connectivity index (χ3v) is 7.96. The van der Waals surface area contributed by atoms with Gasteiger partial charge in [-0.1, -0.05) is 27.5 Å². The van der Waals surface area contributed by atoms with Crippen molar-refractivity contribution in [1.82, 2.24) is 8.87 Å². The Labute approximate surface area is 237 Å². The number of carbonyl (C=O) groups is 2. The van der Waals surface area contributed by atoms with Gasteiger partial charge in [0.1, 0.15) is 11.2 Å². The van der Waals surface area contributed by atoms with Gasteiger partial charge in [-0.25, -0.2) is 26.9 Å². The number of fused-ring (bicyclic) bond motifs is 1. The summed E-state index contributed by atoms with van der Waals surface area (Å²) in [4.78, 5) is 26.2. The SMILES string of the molecule is Cc1c(CCN(C(=O)OC(C)(C)C)S(=O)(=O)c2ccc(Cl)cc2)c2cc(Br)ccc2n1C(=O)OC(C)(C)C. The predicted molar refractivity (Wildman–Crippen MR) is 151 cm³/mol. The summed E-state index contributed by atoms with van der Waals surface area (Å²) < 4.78 is 41.2. The van der Waals surface area contributed by atoms with E-state index in [4.69, 9.17) is 21.1 Å². The molecule has 1 heterocycles. The number of benzene rings is 2. The van der Waals surface area contributed by atoms with Crippen molar-refractivity contribution < 1.29 is 27.5 Å². The van der Waals surface area contributed by atoms with Crippen molar-refractivity contribution in [3.63, 3.8) is 0 Å². The molecule has 0 radical (unpaired) electrons. The molecule has 0 aliphatic heterocycles. The van der Waals surface area contributed by atoms with Gasteiger partial charge in [0.2, 0.25) is 0 Å². The summed E-state index contributed by atoms with van der Waals surface area (Å²) >= 11 is 9.42. The van der Waals surface area contributed by atoms with Crippen molar-refractivity contribution >= 4 is 60.6 Å². The molecule has 0 atom stereocenters. The summed E-state index contributed by atoms with van der Waals surface area (Å²) in [6.07, 6.45) is -1.42. The molecule has 0 bridgehead atoms. The maximum Gasteiger partial charge on any atom is 0.424 e. The van der Waals surface area contributed by atoms with Crippen LogP contribution >= 0.6 is 27.5 Å². The van der Waals surface area contributed by atoms with Gasteiger partial charge < -0.3 is 9.47 Å². The molecule has 206 valence electrons. The predicted octanol–water partition coefficient (Wildman–Crippen LogP) is 7.32. The van der Waals surface area contributed by atoms with Gasteiger partial charge in [-0.3, -0.25) is 0 Å². The van der Waals surface area contributed by atoms with Crippen LogP contribution < -0.4 is 0 Å². The molecule has 0 aliphatic carbocycles. The van der Waals surface area contributed by atoms with Crippen molar-refractivity contribution in [2.24, 2.45) is 0 Å². The van der Waals surface area contributed by atoms with Crippen molar-refractivity contribution in [2.75, 3.05) is 6.54 Å². The second-order valence-corrected chi connectivity index (χ2v) is 14.0. The molecule has 0 saturated carbocycles. The summed E-state index contributed by atoms with van der Waals surface area (Å²) in [6.45, 7) is 11.9. The van der Waals surface area contributed by atoms with Crippen LogP contribution in [0.5, 0.6) is 0 Å². The van der Waals surface area contributed by atoms with Crippen LogP contribution in [0, 0.1) is 6.92 Å². The van der Waals surface area contributed by atoms with Crippen molar-refractivity contribution in [1.29, 1.82) is 0 Å². The topological polar surface area (TPSA) is 94.9 Å². The van der Waals surface area contributed by atoms with E-state index in [0.717, 1.165) is 14.2 Å². The lowest BCUT2D eigenvalue weighted by Gasteiger charge is -2.27. The van der Waals surface area contributed by atoms with Crippen LogP contribution in [0.1, 0.15) is 52.8 Å². The Balaban J connectivity index is 2.08. The van der Waals surface area contributed by atoms with Crippen LogP contribution in [0.3, 0.4) is 0 Å². The molecule has 1 amide bonds. The Morgan fingerprint density at radius 1 is 0.974 bits per heavy atom. The zero-order chi connectivity index (χ0) is 28.6. The highest BCUT2D eigenvalue weighted by molar-refractivity contribution is 9.10. The van der Waals surface area contributed by atoms with Gasteiger partial charge in [0.05, 0.1) is 10.4 Å². The van der Waals surface area contributed by atoms with Gasteiger partial charge in [0.15, 0.2) is 0 Å². The molecule has 0 saturated heterocycles. The van der Waals surface area contributed by atoms with Crippen molar-refractivity contribution in [3.05, 3.63) is 63.2 Å². The highest BCUT2D eigenvalue weighted by Crippen LogP contribution is 2.31. The quantitative estimate of drug-likeness (QED) is 0.294. The summed E-state index contributed by atoms with van der Waals surface area (Å²) in [5, 5.41) is 1.10. The highest BCUT2D eigenvalue weighted by atomic mass is 79.9. The fourth-order valence-corrected chi connectivity index (χ4v) is 5.67. The molecule has 0 spiro atoms. The van der Waals surface area contributed by atoms with Crippen molar-refractivity contribution in [3.8, 4) is 0 Å². The third kappa shape index (κ3) is 6.90. The second kappa shape index (κ2) is 10.9. The van der Waals surface area contributed by atoms with Crippen molar-refractivity contribution in [2.45, 2.75) is 71.0 Å². The smallest absolute Gasteiger partial charge is 0.424 e. The molecular weight excluding hydrogens is 596 g/mol. The molecule has 8 nitrogen and oxygen atoms in total. The van der Waals surface area contributed by atoms with E-state index < -0.39 is 33.4 Å². The molecule has 1 aromatic heterocycles. The Morgan fingerprint density at radius 2 is 1.55 bits per heavy atom. The van der Waals surface area contributed by atoms with Crippen LogP contribution in [-0.2, 0) is 25.9 Å². The molecule has 2 aromatic carbocycles. The number of aromatic nitrogens is 1. The summed E-state index contributed by atoms with van der Waals surface area (Å²) in [6, 6.07) is 11.0. The van der Waals surface area contributed by atoms with E-state index in [1.807, 2.05) is 12.1 Å². The Morgan fingerprint density at radius 3 is 2.11 bits per heavy atom. The van der Waals surface area contributed by atoms with E-state index in [2.05, 4.69) is 15.9 Å². The fraction of sp³-hybridized carbons (Fsp3) is 0.407. The third-order valence-electron chi connectivity index (χ3n) is 5.44. The number of nitrogens with zero attached hydrogens (tertiary/aromatic N) is 2. The average molecular weight is 628 g/mol. The van der Waals surface area contributed by atoms with Crippen LogP contribution in [0.25, 0.3) is 10.9 Å². The summed E-state index contributed by atoms with van der Waals surface area (Å²) in [5.41, 5.74) is 0.264. The zero-order valence-corrected chi connectivity index (χ0v) is 25.6. The van der Waals surface area contributed by atoms with Crippen LogP contribution in [-0.4, -0.2) is 47.2 Å². The minimum atomic E-state index is -4.27. The fourth-order valence-electron chi connectivity index (χ4n) is 3.88. The van der Waals surface area contributed by atoms with E-state index in [1.54, 1.807) is 54.5 Å². The largest absolute Gasteiger partial charge is 0.443 e. The minimum Gasteiger partial charge on any atom is -0.443 e. The number of hydrogen-bond donors (Lipinski definition) is 0. The maximum atomic E-state index is 13.6. The zero-order valence-electron chi connectivity index (χ0n) is 22.5. The van der Waals surface area contributed by atoms with Gasteiger partial charge >= 0.3 is 12.2 Å². The Hall–Kier alpha value is -2.56. The second-order valence-electron chi connectivity index (χ2n) is 10.8. The van der Waals surface area contributed by atoms with Crippen LogP contribution in [0.2, 0.25) is 5.02 Å². The van der Waals surface area contributed by atoms with Gasteiger partial charge in [-0.05, 0) is 103 Å². The number of amides is 1. The first-order valence-electron chi connectivity index (χ1n) is 11.9. The summed E-state index contributed by atoms with van der Waals surface area (Å²) in [5.74, 6) is 0. The average Bonchev–Trinajstić information content (AvgIpc) is 3.02. The van der Waals surface area contributed by atoms with E-state index >= 15 is 0 Å². The number of ether oxygens (including phenoxy) is 2. The Bertz CT molecular complexity index is 1470. The molecule has 38 heavy (non-hydrogen) atoms.